The lowest BCUT2D eigenvalue weighted by Gasteiger charge is -2.46. The Morgan fingerprint density at radius 3 is 1.43 bits per heavy atom. The Balaban J connectivity index is 1.62. The van der Waals surface area contributed by atoms with Crippen LogP contribution in [0.4, 0.5) is 0 Å². The highest BCUT2D eigenvalue weighted by atomic mass is 16.3. The molecule has 0 bridgehead atoms. The van der Waals surface area contributed by atoms with Crippen molar-refractivity contribution >= 4 is 0 Å². The molecule has 0 atom stereocenters. The van der Waals surface area contributed by atoms with Crippen LogP contribution in [0, 0.1) is 5.41 Å². The summed E-state index contributed by atoms with van der Waals surface area (Å²) in [5.74, 6) is 0.665. The van der Waals surface area contributed by atoms with Crippen molar-refractivity contribution in [1.82, 2.24) is 0 Å². The molecule has 1 aliphatic rings. The van der Waals surface area contributed by atoms with Gasteiger partial charge in [-0.2, -0.15) is 0 Å². The van der Waals surface area contributed by atoms with Gasteiger partial charge in [-0.1, -0.05) is 160 Å². The van der Waals surface area contributed by atoms with Gasteiger partial charge >= 0.3 is 0 Å². The Morgan fingerprint density at radius 1 is 0.447 bits per heavy atom. The van der Waals surface area contributed by atoms with Crippen LogP contribution in [0.5, 0.6) is 11.5 Å². The van der Waals surface area contributed by atoms with Gasteiger partial charge in [0.15, 0.2) is 0 Å². The first-order chi connectivity index (χ1) is 21.9. The fraction of sp³-hybridized carbons (Fsp3) is 0.333. The first-order valence-corrected chi connectivity index (χ1v) is 16.9. The normalized spacial score (nSPS) is 14.5. The molecule has 1 aliphatic carbocycles. The number of rotatable bonds is 5. The van der Waals surface area contributed by atoms with E-state index in [0.717, 1.165) is 16.7 Å². The lowest BCUT2D eigenvalue weighted by molar-refractivity contribution is 0.268. The van der Waals surface area contributed by atoms with Crippen LogP contribution in [0.15, 0.2) is 109 Å². The van der Waals surface area contributed by atoms with E-state index in [0.29, 0.717) is 5.75 Å². The van der Waals surface area contributed by atoms with Gasteiger partial charge in [0, 0.05) is 16.4 Å². The zero-order chi connectivity index (χ0) is 34.2. The van der Waals surface area contributed by atoms with Crippen molar-refractivity contribution in [1.29, 1.82) is 0 Å². The molecule has 5 aromatic rings. The van der Waals surface area contributed by atoms with Crippen molar-refractivity contribution in [2.24, 2.45) is 5.41 Å². The van der Waals surface area contributed by atoms with Crippen molar-refractivity contribution < 1.29 is 10.2 Å². The van der Waals surface area contributed by atoms with E-state index in [9.17, 15) is 10.2 Å². The maximum absolute atomic E-state index is 12.5. The molecule has 242 valence electrons. The number of hydrogen-bond acceptors (Lipinski definition) is 2. The zero-order valence-corrected chi connectivity index (χ0v) is 29.8. The highest BCUT2D eigenvalue weighted by Gasteiger charge is 2.54. The summed E-state index contributed by atoms with van der Waals surface area (Å²) < 4.78 is 0. The molecular formula is C45H50O2. The summed E-state index contributed by atoms with van der Waals surface area (Å²) in [5.41, 5.74) is 9.91. The minimum absolute atomic E-state index is 0.260. The van der Waals surface area contributed by atoms with Gasteiger partial charge in [0.2, 0.25) is 0 Å². The summed E-state index contributed by atoms with van der Waals surface area (Å²) in [5, 5.41) is 22.4. The molecule has 0 heterocycles. The van der Waals surface area contributed by atoms with Crippen LogP contribution in [-0.2, 0) is 21.7 Å². The number of phenolic OH excluding ortho intramolecular Hbond substituents is 2. The predicted octanol–water partition coefficient (Wildman–Crippen LogP) is 11.4. The Hall–Kier alpha value is -4.30. The molecule has 2 N–H and O–H groups in total. The average Bonchev–Trinajstić information content (AvgIpc) is 3.32. The van der Waals surface area contributed by atoms with Crippen molar-refractivity contribution in [3.63, 3.8) is 0 Å². The lowest BCUT2D eigenvalue weighted by Crippen LogP contribution is -2.41. The number of hydrogen-bond donors (Lipinski definition) is 2. The Bertz CT molecular complexity index is 1910. The summed E-state index contributed by atoms with van der Waals surface area (Å²) in [4.78, 5) is 0. The van der Waals surface area contributed by atoms with Crippen LogP contribution >= 0.6 is 0 Å². The van der Waals surface area contributed by atoms with Gasteiger partial charge in [-0.3, -0.25) is 0 Å². The molecule has 6 rings (SSSR count). The first-order valence-electron chi connectivity index (χ1n) is 16.9. The van der Waals surface area contributed by atoms with Crippen molar-refractivity contribution in [2.75, 3.05) is 0 Å². The van der Waals surface area contributed by atoms with E-state index in [1.165, 1.54) is 38.9 Å². The van der Waals surface area contributed by atoms with Crippen LogP contribution in [-0.4, -0.2) is 10.2 Å². The highest BCUT2D eigenvalue weighted by Crippen LogP contribution is 2.63. The molecule has 2 heteroatoms. The summed E-state index contributed by atoms with van der Waals surface area (Å²) in [6.45, 7) is 22.6. The SMILES string of the molecule is CC(C)(C)c1cc(C(C)(C)c2cccc(C(C)(C)c3ccc(O)cc3)c2)cc(C2(C(C)(C)C)c3ccccc3-c3ccccc32)c1O. The minimum atomic E-state index is -0.570. The topological polar surface area (TPSA) is 40.5 Å². The molecule has 0 amide bonds. The third-order valence-electron chi connectivity index (χ3n) is 11.0. The van der Waals surface area contributed by atoms with Gasteiger partial charge in [-0.25, -0.2) is 0 Å². The number of benzene rings is 5. The van der Waals surface area contributed by atoms with Crippen LogP contribution in [0.1, 0.15) is 114 Å². The molecule has 0 saturated carbocycles. The molecule has 0 radical (unpaired) electrons. The average molecular weight is 623 g/mol. The zero-order valence-electron chi connectivity index (χ0n) is 29.8. The number of phenols is 2. The molecule has 0 aliphatic heterocycles. The second-order valence-corrected chi connectivity index (χ2v) is 16.6. The molecule has 5 aromatic carbocycles. The second-order valence-electron chi connectivity index (χ2n) is 16.6. The predicted molar refractivity (Wildman–Crippen MR) is 197 cm³/mol. The van der Waals surface area contributed by atoms with E-state index < -0.39 is 5.41 Å². The maximum atomic E-state index is 12.5. The van der Waals surface area contributed by atoms with Gasteiger partial charge in [0.05, 0.1) is 5.41 Å². The minimum Gasteiger partial charge on any atom is -0.508 e. The quantitative estimate of drug-likeness (QED) is 0.205. The van der Waals surface area contributed by atoms with Gasteiger partial charge in [-0.05, 0) is 79.1 Å². The van der Waals surface area contributed by atoms with E-state index >= 15 is 0 Å². The summed E-state index contributed by atoms with van der Waals surface area (Å²) >= 11 is 0. The van der Waals surface area contributed by atoms with Gasteiger partial charge in [-0.15, -0.1) is 0 Å². The lowest BCUT2D eigenvalue weighted by atomic mass is 9.56. The fourth-order valence-electron chi connectivity index (χ4n) is 8.10. The molecule has 0 fully saturated rings. The monoisotopic (exact) mass is 622 g/mol. The van der Waals surface area contributed by atoms with E-state index in [1.54, 1.807) is 12.1 Å². The van der Waals surface area contributed by atoms with E-state index in [2.05, 4.69) is 154 Å². The van der Waals surface area contributed by atoms with E-state index in [4.69, 9.17) is 0 Å². The second kappa shape index (κ2) is 10.9. The van der Waals surface area contributed by atoms with Crippen LogP contribution in [0.25, 0.3) is 11.1 Å². The summed E-state index contributed by atoms with van der Waals surface area (Å²) in [6.07, 6.45) is 0. The van der Waals surface area contributed by atoms with Crippen molar-refractivity contribution in [3.8, 4) is 22.6 Å². The standard InChI is InChI=1S/C45H50O2/c1-41(2,3)38-27-32(44(9,10)31-17-15-16-30(26-31)43(7,8)29-22-24-33(46)25-23-29)28-39(40(38)47)45(42(4,5)6)36-20-13-11-18-34(36)35-19-12-14-21-37(35)45/h11-28,46-47H,1-10H3. The number of fused-ring (bicyclic) bond motifs is 3. The number of aromatic hydroxyl groups is 2. The smallest absolute Gasteiger partial charge is 0.123 e. The largest absolute Gasteiger partial charge is 0.508 e. The van der Waals surface area contributed by atoms with Crippen molar-refractivity contribution in [3.05, 3.63) is 154 Å². The molecular weight excluding hydrogens is 572 g/mol. The molecule has 0 spiro atoms. The maximum Gasteiger partial charge on any atom is 0.123 e. The van der Waals surface area contributed by atoms with Crippen molar-refractivity contribution in [2.45, 2.75) is 90.9 Å². The molecule has 0 aromatic heterocycles. The Kier molecular flexibility index (Phi) is 7.55. The van der Waals surface area contributed by atoms with E-state index in [-0.39, 0.29) is 27.4 Å². The van der Waals surface area contributed by atoms with Crippen LogP contribution in [0.3, 0.4) is 0 Å². The van der Waals surface area contributed by atoms with E-state index in [1.807, 2.05) is 12.1 Å². The molecule has 0 unspecified atom stereocenters. The third-order valence-corrected chi connectivity index (χ3v) is 11.0. The summed E-state index contributed by atoms with van der Waals surface area (Å²) in [7, 11) is 0. The third kappa shape index (κ3) is 5.00. The molecule has 47 heavy (non-hydrogen) atoms. The van der Waals surface area contributed by atoms with Gasteiger partial charge < -0.3 is 10.2 Å². The van der Waals surface area contributed by atoms with Gasteiger partial charge in [0.1, 0.15) is 11.5 Å². The molecule has 2 nitrogen and oxygen atoms in total. The van der Waals surface area contributed by atoms with Crippen LogP contribution in [0.2, 0.25) is 0 Å². The fourth-order valence-corrected chi connectivity index (χ4v) is 8.10. The van der Waals surface area contributed by atoms with Crippen LogP contribution < -0.4 is 0 Å². The highest BCUT2D eigenvalue weighted by molar-refractivity contribution is 5.85. The van der Waals surface area contributed by atoms with Gasteiger partial charge in [0.25, 0.3) is 0 Å². The molecule has 0 saturated heterocycles. The Labute approximate surface area is 282 Å². The summed E-state index contributed by atoms with van der Waals surface area (Å²) in [6, 6.07) is 38.6. The Morgan fingerprint density at radius 2 is 0.936 bits per heavy atom. The first kappa shape index (κ1) is 32.6.